The maximum atomic E-state index is 13.5. The van der Waals surface area contributed by atoms with Crippen LogP contribution in [0.25, 0.3) is 0 Å². The van der Waals surface area contributed by atoms with Crippen LogP contribution in [0, 0.1) is 23.7 Å². The van der Waals surface area contributed by atoms with Gasteiger partial charge in [-0.3, -0.25) is 9.59 Å². The molecule has 4 rings (SSSR count). The van der Waals surface area contributed by atoms with Gasteiger partial charge in [0.05, 0.1) is 24.5 Å². The summed E-state index contributed by atoms with van der Waals surface area (Å²) in [6.45, 7) is 6.03. The zero-order chi connectivity index (χ0) is 23.9. The predicted octanol–water partition coefficient (Wildman–Crippen LogP) is 5.32. The number of methoxy groups -OCH3 is 1. The van der Waals surface area contributed by atoms with Gasteiger partial charge in [0.25, 0.3) is 0 Å². The lowest BCUT2D eigenvalue weighted by Gasteiger charge is -2.26. The van der Waals surface area contributed by atoms with E-state index in [0.717, 1.165) is 34.4 Å². The molecule has 0 saturated heterocycles. The average Bonchev–Trinajstić information content (AvgIpc) is 3.50. The molecule has 1 aromatic carbocycles. The van der Waals surface area contributed by atoms with Crippen LogP contribution in [0.4, 0.5) is 5.00 Å². The molecule has 1 amide bonds. The number of anilines is 1. The van der Waals surface area contributed by atoms with Gasteiger partial charge in [0.1, 0.15) is 5.00 Å². The number of carbonyl (C=O) groups is 3. The Balaban J connectivity index is 1.66. The van der Waals surface area contributed by atoms with Gasteiger partial charge in [-0.25, -0.2) is 4.79 Å². The van der Waals surface area contributed by atoms with Gasteiger partial charge in [0, 0.05) is 10.8 Å². The van der Waals surface area contributed by atoms with Crippen LogP contribution < -0.4 is 5.32 Å². The smallest absolute Gasteiger partial charge is 0.340 e. The van der Waals surface area contributed by atoms with Gasteiger partial charge in [-0.05, 0) is 50.2 Å². The number of allylic oxidation sites excluding steroid dienone is 2. The van der Waals surface area contributed by atoms with Gasteiger partial charge in [-0.15, -0.1) is 11.3 Å². The molecule has 2 aliphatic carbocycles. The van der Waals surface area contributed by atoms with Gasteiger partial charge in [-0.1, -0.05) is 48.4 Å². The Bertz CT molecular complexity index is 1110. The zero-order valence-corrected chi connectivity index (χ0v) is 20.1. The van der Waals surface area contributed by atoms with E-state index < -0.39 is 23.8 Å². The third-order valence-electron chi connectivity index (χ3n) is 7.13. The summed E-state index contributed by atoms with van der Waals surface area (Å²) in [4.78, 5) is 39.0. The van der Waals surface area contributed by atoms with Crippen molar-refractivity contribution in [2.24, 2.45) is 23.7 Å². The van der Waals surface area contributed by atoms with Crippen LogP contribution >= 0.6 is 11.3 Å². The van der Waals surface area contributed by atoms with E-state index in [1.807, 2.05) is 51.1 Å². The number of aliphatic carboxylic acids is 1. The standard InChI is InChI=1S/C26H29NO5S/c1-13(2)20-16-10-11-17(20)22(25(29)30)21(16)23(28)27-24-18(26(31)32-4)12-19(33-24)14(3)15-8-6-5-7-9-15/h5-9,12,14,16-17,21-22H,10-11H2,1-4H3,(H,27,28)(H,29,30)/t14-,16-,17-,21+,22+/m1/s1. The molecule has 2 N–H and O–H groups in total. The molecule has 2 aromatic rings. The molecule has 5 atom stereocenters. The number of amides is 1. The minimum absolute atomic E-state index is 0.0248. The number of rotatable bonds is 6. The molecule has 0 radical (unpaired) electrons. The molecule has 6 nitrogen and oxygen atoms in total. The number of esters is 1. The molecule has 174 valence electrons. The average molecular weight is 468 g/mol. The summed E-state index contributed by atoms with van der Waals surface area (Å²) >= 11 is 1.34. The monoisotopic (exact) mass is 467 g/mol. The normalized spacial score (nSPS) is 24.4. The second-order valence-electron chi connectivity index (χ2n) is 9.14. The lowest BCUT2D eigenvalue weighted by molar-refractivity contribution is -0.148. The fraction of sp³-hybridized carbons (Fsp3) is 0.423. The minimum Gasteiger partial charge on any atom is -0.481 e. The van der Waals surface area contributed by atoms with E-state index in [4.69, 9.17) is 4.74 Å². The van der Waals surface area contributed by atoms with Crippen LogP contribution in [-0.4, -0.2) is 30.1 Å². The van der Waals surface area contributed by atoms with Crippen LogP contribution in [-0.2, 0) is 14.3 Å². The lowest BCUT2D eigenvalue weighted by atomic mass is 9.79. The van der Waals surface area contributed by atoms with Crippen molar-refractivity contribution in [1.29, 1.82) is 0 Å². The van der Waals surface area contributed by atoms with Gasteiger partial charge >= 0.3 is 11.9 Å². The summed E-state index contributed by atoms with van der Waals surface area (Å²) in [5.41, 5.74) is 3.63. The van der Waals surface area contributed by atoms with Crippen LogP contribution in [0.3, 0.4) is 0 Å². The highest BCUT2D eigenvalue weighted by molar-refractivity contribution is 7.16. The Labute approximate surface area is 197 Å². The molecular formula is C26H29NO5S. The first-order valence-corrected chi connectivity index (χ1v) is 12.0. The number of carbonyl (C=O) groups excluding carboxylic acids is 2. The molecule has 33 heavy (non-hydrogen) atoms. The molecule has 2 saturated carbocycles. The number of hydrogen-bond donors (Lipinski definition) is 2. The Kier molecular flexibility index (Phi) is 6.43. The van der Waals surface area contributed by atoms with Crippen LogP contribution in [0.5, 0.6) is 0 Å². The molecule has 7 heteroatoms. The summed E-state index contributed by atoms with van der Waals surface area (Å²) in [5.74, 6) is -3.31. The maximum absolute atomic E-state index is 13.5. The molecule has 0 spiro atoms. The predicted molar refractivity (Wildman–Crippen MR) is 127 cm³/mol. The summed E-state index contributed by atoms with van der Waals surface area (Å²) in [5, 5.41) is 13.3. The highest BCUT2D eigenvalue weighted by atomic mass is 32.1. The van der Waals surface area contributed by atoms with Crippen molar-refractivity contribution < 1.29 is 24.2 Å². The number of benzene rings is 1. The largest absolute Gasteiger partial charge is 0.481 e. The zero-order valence-electron chi connectivity index (χ0n) is 19.3. The summed E-state index contributed by atoms with van der Waals surface area (Å²) < 4.78 is 4.95. The minimum atomic E-state index is -0.932. The molecule has 0 unspecified atom stereocenters. The van der Waals surface area contributed by atoms with Gasteiger partial charge in [0.15, 0.2) is 0 Å². The highest BCUT2D eigenvalue weighted by Gasteiger charge is 2.57. The number of thiophene rings is 1. The molecule has 1 aromatic heterocycles. The van der Waals surface area contributed by atoms with E-state index in [1.54, 1.807) is 6.07 Å². The third kappa shape index (κ3) is 4.10. The summed E-state index contributed by atoms with van der Waals surface area (Å²) in [6, 6.07) is 11.7. The maximum Gasteiger partial charge on any atom is 0.340 e. The SMILES string of the molecule is COC(=O)c1cc([C@H](C)c2ccccc2)sc1NC(=O)[C@@H]1[C@@H](C(=O)O)[C@@H]2CC[C@@H]1C2=C(C)C. The second-order valence-corrected chi connectivity index (χ2v) is 10.2. The van der Waals surface area contributed by atoms with E-state index in [9.17, 15) is 19.5 Å². The van der Waals surface area contributed by atoms with Crippen LogP contribution in [0.2, 0.25) is 0 Å². The van der Waals surface area contributed by atoms with Crippen molar-refractivity contribution in [2.75, 3.05) is 12.4 Å². The number of hydrogen-bond acceptors (Lipinski definition) is 5. The van der Waals surface area contributed by atoms with Gasteiger partial charge in [-0.2, -0.15) is 0 Å². The molecular weight excluding hydrogens is 438 g/mol. The Morgan fingerprint density at radius 3 is 2.30 bits per heavy atom. The topological polar surface area (TPSA) is 92.7 Å². The third-order valence-corrected chi connectivity index (χ3v) is 8.36. The number of ether oxygens (including phenoxy) is 1. The van der Waals surface area contributed by atoms with Crippen molar-refractivity contribution >= 4 is 34.2 Å². The molecule has 2 aliphatic rings. The quantitative estimate of drug-likeness (QED) is 0.443. The number of nitrogens with one attached hydrogen (secondary N) is 1. The number of carboxylic acids is 1. The van der Waals surface area contributed by atoms with Gasteiger partial charge < -0.3 is 15.2 Å². The first-order valence-electron chi connectivity index (χ1n) is 11.2. The van der Waals surface area contributed by atoms with Crippen LogP contribution in [0.15, 0.2) is 47.5 Å². The number of carboxylic acid groups (broad SMARTS) is 1. The molecule has 2 fully saturated rings. The van der Waals surface area contributed by atoms with Gasteiger partial charge in [0.2, 0.25) is 5.91 Å². The van der Waals surface area contributed by atoms with E-state index >= 15 is 0 Å². The van der Waals surface area contributed by atoms with Crippen molar-refractivity contribution in [3.05, 3.63) is 63.5 Å². The lowest BCUT2D eigenvalue weighted by Crippen LogP contribution is -2.37. The fourth-order valence-corrected chi connectivity index (χ4v) is 6.81. The van der Waals surface area contributed by atoms with Crippen molar-refractivity contribution in [1.82, 2.24) is 0 Å². The Morgan fingerprint density at radius 1 is 1.09 bits per heavy atom. The molecule has 2 bridgehead atoms. The molecule has 0 aliphatic heterocycles. The van der Waals surface area contributed by atoms with Crippen LogP contribution in [0.1, 0.15) is 60.3 Å². The van der Waals surface area contributed by atoms with Crippen molar-refractivity contribution in [2.45, 2.75) is 39.5 Å². The van der Waals surface area contributed by atoms with Crippen molar-refractivity contribution in [3.63, 3.8) is 0 Å². The summed E-state index contributed by atoms with van der Waals surface area (Å²) in [6.07, 6.45) is 1.62. The van der Waals surface area contributed by atoms with Crippen molar-refractivity contribution in [3.8, 4) is 0 Å². The van der Waals surface area contributed by atoms with E-state index in [0.29, 0.717) is 10.6 Å². The fourth-order valence-electron chi connectivity index (χ4n) is 5.68. The Morgan fingerprint density at radius 2 is 1.73 bits per heavy atom. The number of fused-ring (bicyclic) bond motifs is 2. The van der Waals surface area contributed by atoms with E-state index in [2.05, 4.69) is 5.32 Å². The summed E-state index contributed by atoms with van der Waals surface area (Å²) in [7, 11) is 1.31. The Hall–Kier alpha value is -2.93. The first-order chi connectivity index (χ1) is 15.7. The first kappa shape index (κ1) is 23.2. The highest BCUT2D eigenvalue weighted by Crippen LogP contribution is 2.57. The van der Waals surface area contributed by atoms with E-state index in [1.165, 1.54) is 18.4 Å². The van der Waals surface area contributed by atoms with E-state index in [-0.39, 0.29) is 23.7 Å². The second kappa shape index (κ2) is 9.14. The molecule has 1 heterocycles.